The van der Waals surface area contributed by atoms with Crippen LogP contribution in [-0.2, 0) is 6.54 Å². The molecule has 0 fully saturated rings. The van der Waals surface area contributed by atoms with E-state index in [1.54, 1.807) is 0 Å². The predicted octanol–water partition coefficient (Wildman–Crippen LogP) is 2.34. The second-order valence-corrected chi connectivity index (χ2v) is 4.35. The SMILES string of the molecule is Cc1ccccc1CNC(=O)c1cc(O)cc(O)c1. The molecule has 0 bridgehead atoms. The van der Waals surface area contributed by atoms with Gasteiger partial charge in [-0.2, -0.15) is 0 Å². The minimum absolute atomic E-state index is 0.138. The molecule has 0 aliphatic heterocycles. The second-order valence-electron chi connectivity index (χ2n) is 4.35. The van der Waals surface area contributed by atoms with E-state index in [0.29, 0.717) is 6.54 Å². The molecule has 19 heavy (non-hydrogen) atoms. The summed E-state index contributed by atoms with van der Waals surface area (Å²) < 4.78 is 0. The van der Waals surface area contributed by atoms with Crippen molar-refractivity contribution >= 4 is 5.91 Å². The van der Waals surface area contributed by atoms with Gasteiger partial charge in [-0.05, 0) is 30.2 Å². The number of phenolic OH excluding ortho intramolecular Hbond substituents is 2. The fourth-order valence-electron chi connectivity index (χ4n) is 1.81. The number of rotatable bonds is 3. The molecule has 0 aliphatic carbocycles. The lowest BCUT2D eigenvalue weighted by Crippen LogP contribution is -2.23. The van der Waals surface area contributed by atoms with Crippen LogP contribution in [0.5, 0.6) is 11.5 Å². The molecule has 98 valence electrons. The lowest BCUT2D eigenvalue weighted by Gasteiger charge is -2.08. The van der Waals surface area contributed by atoms with Gasteiger partial charge in [0.2, 0.25) is 0 Å². The molecule has 4 nitrogen and oxygen atoms in total. The van der Waals surface area contributed by atoms with Crippen molar-refractivity contribution in [1.29, 1.82) is 0 Å². The molecule has 0 saturated carbocycles. The number of carbonyl (C=O) groups is 1. The number of amides is 1. The van der Waals surface area contributed by atoms with Crippen molar-refractivity contribution in [2.75, 3.05) is 0 Å². The highest BCUT2D eigenvalue weighted by Crippen LogP contribution is 2.20. The van der Waals surface area contributed by atoms with Crippen LogP contribution in [0.15, 0.2) is 42.5 Å². The molecule has 3 N–H and O–H groups in total. The summed E-state index contributed by atoms with van der Waals surface area (Å²) in [5, 5.41) is 21.4. The van der Waals surface area contributed by atoms with Gasteiger partial charge in [0.05, 0.1) is 0 Å². The Labute approximate surface area is 111 Å². The fraction of sp³-hybridized carbons (Fsp3) is 0.133. The highest BCUT2D eigenvalue weighted by Gasteiger charge is 2.08. The van der Waals surface area contributed by atoms with Crippen molar-refractivity contribution < 1.29 is 15.0 Å². The predicted molar refractivity (Wildman–Crippen MR) is 72.1 cm³/mol. The lowest BCUT2D eigenvalue weighted by molar-refractivity contribution is 0.0950. The second kappa shape index (κ2) is 5.44. The van der Waals surface area contributed by atoms with E-state index in [-0.39, 0.29) is 23.0 Å². The van der Waals surface area contributed by atoms with Gasteiger partial charge in [-0.15, -0.1) is 0 Å². The van der Waals surface area contributed by atoms with Crippen molar-refractivity contribution in [3.8, 4) is 11.5 Å². The molecular formula is C15H15NO3. The standard InChI is InChI=1S/C15H15NO3/c1-10-4-2-3-5-11(10)9-16-15(19)12-6-13(17)8-14(18)7-12/h2-8,17-18H,9H2,1H3,(H,16,19). The first-order valence-corrected chi connectivity index (χ1v) is 5.92. The first-order valence-electron chi connectivity index (χ1n) is 5.92. The van der Waals surface area contributed by atoms with Crippen LogP contribution in [0.2, 0.25) is 0 Å². The topological polar surface area (TPSA) is 69.6 Å². The molecule has 0 aliphatic rings. The molecule has 0 heterocycles. The highest BCUT2D eigenvalue weighted by atomic mass is 16.3. The smallest absolute Gasteiger partial charge is 0.251 e. The summed E-state index contributed by atoms with van der Waals surface area (Å²) in [5.41, 5.74) is 2.35. The molecule has 4 heteroatoms. The Kier molecular flexibility index (Phi) is 3.71. The molecule has 2 rings (SSSR count). The largest absolute Gasteiger partial charge is 0.508 e. The van der Waals surface area contributed by atoms with Gasteiger partial charge in [-0.1, -0.05) is 24.3 Å². The van der Waals surface area contributed by atoms with E-state index in [2.05, 4.69) is 5.32 Å². The summed E-state index contributed by atoms with van der Waals surface area (Å²) in [4.78, 5) is 11.9. The monoisotopic (exact) mass is 257 g/mol. The third kappa shape index (κ3) is 3.25. The molecule has 2 aromatic rings. The molecule has 2 aromatic carbocycles. The van der Waals surface area contributed by atoms with Crippen LogP contribution in [0.3, 0.4) is 0 Å². The van der Waals surface area contributed by atoms with Crippen molar-refractivity contribution in [3.63, 3.8) is 0 Å². The van der Waals surface area contributed by atoms with Crippen LogP contribution in [0.1, 0.15) is 21.5 Å². The van der Waals surface area contributed by atoms with Crippen LogP contribution in [-0.4, -0.2) is 16.1 Å². The summed E-state index contributed by atoms with van der Waals surface area (Å²) in [6, 6.07) is 11.6. The first kappa shape index (κ1) is 13.0. The molecule has 0 atom stereocenters. The normalized spacial score (nSPS) is 10.2. The number of carbonyl (C=O) groups excluding carboxylic acids is 1. The number of phenols is 2. The summed E-state index contributed by atoms with van der Waals surface area (Å²) >= 11 is 0. The van der Waals surface area contributed by atoms with E-state index < -0.39 is 0 Å². The Bertz CT molecular complexity index is 588. The number of aromatic hydroxyl groups is 2. The summed E-state index contributed by atoms with van der Waals surface area (Å²) in [7, 11) is 0. The zero-order chi connectivity index (χ0) is 13.8. The van der Waals surface area contributed by atoms with Gasteiger partial charge < -0.3 is 15.5 Å². The van der Waals surface area contributed by atoms with Gasteiger partial charge >= 0.3 is 0 Å². The summed E-state index contributed by atoms with van der Waals surface area (Å²) in [5.74, 6) is -0.614. The van der Waals surface area contributed by atoms with Crippen molar-refractivity contribution in [1.82, 2.24) is 5.32 Å². The molecule has 0 spiro atoms. The van der Waals surface area contributed by atoms with Crippen LogP contribution in [0, 0.1) is 6.92 Å². The van der Waals surface area contributed by atoms with E-state index in [1.807, 2.05) is 31.2 Å². The Morgan fingerprint density at radius 3 is 2.37 bits per heavy atom. The Balaban J connectivity index is 2.08. The third-order valence-corrected chi connectivity index (χ3v) is 2.87. The maximum Gasteiger partial charge on any atom is 0.251 e. The van der Waals surface area contributed by atoms with Gasteiger partial charge in [0.15, 0.2) is 0 Å². The van der Waals surface area contributed by atoms with Gasteiger partial charge in [0, 0.05) is 18.2 Å². The van der Waals surface area contributed by atoms with Crippen LogP contribution >= 0.6 is 0 Å². The quantitative estimate of drug-likeness (QED) is 0.790. The average molecular weight is 257 g/mol. The number of nitrogens with one attached hydrogen (secondary N) is 1. The zero-order valence-electron chi connectivity index (χ0n) is 10.6. The van der Waals surface area contributed by atoms with Gasteiger partial charge in [-0.25, -0.2) is 0 Å². The lowest BCUT2D eigenvalue weighted by atomic mass is 10.1. The minimum atomic E-state index is -0.338. The zero-order valence-corrected chi connectivity index (χ0v) is 10.6. The Hall–Kier alpha value is -2.49. The summed E-state index contributed by atoms with van der Waals surface area (Å²) in [6.45, 7) is 2.38. The van der Waals surface area contributed by atoms with Crippen LogP contribution in [0.4, 0.5) is 0 Å². The maximum atomic E-state index is 11.9. The van der Waals surface area contributed by atoms with Gasteiger partial charge in [-0.3, -0.25) is 4.79 Å². The molecule has 0 radical (unpaired) electrons. The van der Waals surface area contributed by atoms with Crippen molar-refractivity contribution in [3.05, 3.63) is 59.2 Å². The number of aryl methyl sites for hydroxylation is 1. The van der Waals surface area contributed by atoms with E-state index in [9.17, 15) is 15.0 Å². The molecule has 0 aromatic heterocycles. The number of hydrogen-bond acceptors (Lipinski definition) is 3. The minimum Gasteiger partial charge on any atom is -0.508 e. The number of benzene rings is 2. The summed E-state index contributed by atoms with van der Waals surface area (Å²) in [6.07, 6.45) is 0. The van der Waals surface area contributed by atoms with E-state index in [0.717, 1.165) is 11.1 Å². The van der Waals surface area contributed by atoms with Crippen LogP contribution in [0.25, 0.3) is 0 Å². The Morgan fingerprint density at radius 1 is 1.11 bits per heavy atom. The third-order valence-electron chi connectivity index (χ3n) is 2.87. The number of hydrogen-bond donors (Lipinski definition) is 3. The Morgan fingerprint density at radius 2 is 1.74 bits per heavy atom. The van der Waals surface area contributed by atoms with E-state index >= 15 is 0 Å². The van der Waals surface area contributed by atoms with Gasteiger partial charge in [0.1, 0.15) is 11.5 Å². The van der Waals surface area contributed by atoms with Crippen molar-refractivity contribution in [2.45, 2.75) is 13.5 Å². The molecule has 0 unspecified atom stereocenters. The molecule has 0 saturated heterocycles. The fourth-order valence-corrected chi connectivity index (χ4v) is 1.81. The van der Waals surface area contributed by atoms with Crippen LogP contribution < -0.4 is 5.32 Å². The van der Waals surface area contributed by atoms with Crippen molar-refractivity contribution in [2.24, 2.45) is 0 Å². The maximum absolute atomic E-state index is 11.9. The van der Waals surface area contributed by atoms with E-state index in [4.69, 9.17) is 0 Å². The average Bonchev–Trinajstić information content (AvgIpc) is 2.36. The first-order chi connectivity index (χ1) is 9.06. The van der Waals surface area contributed by atoms with E-state index in [1.165, 1.54) is 18.2 Å². The highest BCUT2D eigenvalue weighted by molar-refractivity contribution is 5.95. The molecule has 1 amide bonds. The molecular weight excluding hydrogens is 242 g/mol. The van der Waals surface area contributed by atoms with Gasteiger partial charge in [0.25, 0.3) is 5.91 Å².